The Bertz CT molecular complexity index is 1210. The molecule has 0 radical (unpaired) electrons. The van der Waals surface area contributed by atoms with Crippen molar-refractivity contribution in [3.05, 3.63) is 59.7 Å². The van der Waals surface area contributed by atoms with E-state index in [1.165, 1.54) is 18.2 Å². The van der Waals surface area contributed by atoms with Crippen LogP contribution in [0, 0.1) is 0 Å². The standard InChI is InChI=1S/C34H48F3NO11/c1-33(2,3)49-31(39)26-47-22-21-45-18-17-43-14-13-41-11-12-42-15-16-44-19-20-46-23-24-48-32(40)29-9-4-5-10-30(29)38-28-8-6-7-27(25-28)34(35,36)37/h4-10,25,38H,11-24,26H2,1-3H3. The Balaban J connectivity index is 1.37. The van der Waals surface area contributed by atoms with Crippen molar-refractivity contribution >= 4 is 23.3 Å². The van der Waals surface area contributed by atoms with E-state index in [2.05, 4.69) is 5.32 Å². The summed E-state index contributed by atoms with van der Waals surface area (Å²) in [5, 5.41) is 2.85. The van der Waals surface area contributed by atoms with Gasteiger partial charge in [0, 0.05) is 5.69 Å². The number of ether oxygens (including phenoxy) is 9. The molecule has 0 saturated heterocycles. The van der Waals surface area contributed by atoms with Gasteiger partial charge in [0.1, 0.15) is 18.8 Å². The number of hydrogen-bond acceptors (Lipinski definition) is 12. The van der Waals surface area contributed by atoms with Crippen molar-refractivity contribution in [1.29, 1.82) is 0 Å². The van der Waals surface area contributed by atoms with Gasteiger partial charge in [-0.1, -0.05) is 18.2 Å². The molecule has 0 aliphatic heterocycles. The number of para-hydroxylation sites is 1. The summed E-state index contributed by atoms with van der Waals surface area (Å²) in [5.41, 5.74) is -0.639. The normalized spacial score (nSPS) is 11.8. The molecule has 0 aliphatic carbocycles. The van der Waals surface area contributed by atoms with Crippen LogP contribution in [0.1, 0.15) is 36.7 Å². The zero-order valence-electron chi connectivity index (χ0n) is 28.4. The van der Waals surface area contributed by atoms with E-state index in [0.717, 1.165) is 12.1 Å². The average Bonchev–Trinajstić information content (AvgIpc) is 3.04. The van der Waals surface area contributed by atoms with Crippen LogP contribution in [0.5, 0.6) is 0 Å². The third kappa shape index (κ3) is 20.7. The molecule has 276 valence electrons. The molecule has 0 fully saturated rings. The largest absolute Gasteiger partial charge is 0.460 e. The second-order valence-corrected chi connectivity index (χ2v) is 11.2. The summed E-state index contributed by atoms with van der Waals surface area (Å²) in [5.74, 6) is -1.04. The minimum atomic E-state index is -4.48. The molecule has 2 aromatic rings. The molecule has 0 saturated carbocycles. The van der Waals surface area contributed by atoms with Crippen LogP contribution in [-0.4, -0.2) is 117 Å². The molecule has 0 aliphatic rings. The van der Waals surface area contributed by atoms with E-state index in [1.54, 1.807) is 39.0 Å². The molecular weight excluding hydrogens is 655 g/mol. The minimum Gasteiger partial charge on any atom is -0.460 e. The van der Waals surface area contributed by atoms with Crippen LogP contribution < -0.4 is 5.32 Å². The smallest absolute Gasteiger partial charge is 0.416 e. The third-order valence-electron chi connectivity index (χ3n) is 5.95. The van der Waals surface area contributed by atoms with Crippen LogP contribution in [0.3, 0.4) is 0 Å². The highest BCUT2D eigenvalue weighted by Gasteiger charge is 2.30. The molecule has 49 heavy (non-hydrogen) atoms. The Hall–Kier alpha value is -3.31. The van der Waals surface area contributed by atoms with Gasteiger partial charge in [-0.3, -0.25) is 0 Å². The molecule has 15 heteroatoms. The Kier molecular flexibility index (Phi) is 20.5. The fourth-order valence-corrected chi connectivity index (χ4v) is 3.82. The zero-order valence-corrected chi connectivity index (χ0v) is 28.4. The van der Waals surface area contributed by atoms with E-state index >= 15 is 0 Å². The molecular formula is C34H48F3NO11. The quantitative estimate of drug-likeness (QED) is 0.104. The van der Waals surface area contributed by atoms with Gasteiger partial charge in [-0.25, -0.2) is 9.59 Å². The lowest BCUT2D eigenvalue weighted by molar-refractivity contribution is -0.160. The average molecular weight is 704 g/mol. The first kappa shape index (κ1) is 41.9. The predicted molar refractivity (Wildman–Crippen MR) is 173 cm³/mol. The van der Waals surface area contributed by atoms with Crippen molar-refractivity contribution in [1.82, 2.24) is 0 Å². The second-order valence-electron chi connectivity index (χ2n) is 11.2. The van der Waals surface area contributed by atoms with Crippen LogP contribution in [-0.2, 0) is 53.6 Å². The lowest BCUT2D eigenvalue weighted by Gasteiger charge is -2.19. The first-order valence-corrected chi connectivity index (χ1v) is 15.9. The second kappa shape index (κ2) is 23.9. The van der Waals surface area contributed by atoms with E-state index in [0.29, 0.717) is 78.4 Å². The van der Waals surface area contributed by atoms with Gasteiger partial charge >= 0.3 is 18.1 Å². The summed E-state index contributed by atoms with van der Waals surface area (Å²) in [6.07, 6.45) is -4.48. The third-order valence-corrected chi connectivity index (χ3v) is 5.95. The Morgan fingerprint density at radius 1 is 0.612 bits per heavy atom. The van der Waals surface area contributed by atoms with Crippen LogP contribution >= 0.6 is 0 Å². The number of halogens is 3. The van der Waals surface area contributed by atoms with Crippen molar-refractivity contribution < 1.29 is 65.4 Å². The number of carbonyl (C=O) groups excluding carboxylic acids is 2. The lowest BCUT2D eigenvalue weighted by atomic mass is 10.1. The number of hydrogen-bond donors (Lipinski definition) is 1. The number of alkyl halides is 3. The Labute approximate surface area is 285 Å². The van der Waals surface area contributed by atoms with Crippen molar-refractivity contribution in [2.75, 3.05) is 104 Å². The summed E-state index contributed by atoms with van der Waals surface area (Å²) >= 11 is 0. The van der Waals surface area contributed by atoms with Gasteiger partial charge < -0.3 is 47.9 Å². The van der Waals surface area contributed by atoms with Crippen molar-refractivity contribution in [3.8, 4) is 0 Å². The van der Waals surface area contributed by atoms with Crippen LogP contribution in [0.2, 0.25) is 0 Å². The van der Waals surface area contributed by atoms with Crippen molar-refractivity contribution in [3.63, 3.8) is 0 Å². The molecule has 0 amide bonds. The predicted octanol–water partition coefficient (Wildman–Crippen LogP) is 5.06. The van der Waals surface area contributed by atoms with Gasteiger partial charge in [0.2, 0.25) is 0 Å². The van der Waals surface area contributed by atoms with Crippen molar-refractivity contribution in [2.24, 2.45) is 0 Å². The van der Waals surface area contributed by atoms with Gasteiger partial charge in [-0.2, -0.15) is 13.2 Å². The molecule has 2 aromatic carbocycles. The molecule has 0 spiro atoms. The maximum absolute atomic E-state index is 13.0. The molecule has 0 atom stereocenters. The van der Waals surface area contributed by atoms with E-state index in [1.807, 2.05) is 0 Å². The monoisotopic (exact) mass is 703 g/mol. The summed E-state index contributed by atoms with van der Waals surface area (Å²) < 4.78 is 87.2. The lowest BCUT2D eigenvalue weighted by Crippen LogP contribution is -2.27. The van der Waals surface area contributed by atoms with Gasteiger partial charge in [0.15, 0.2) is 0 Å². The molecule has 0 heterocycles. The maximum Gasteiger partial charge on any atom is 0.416 e. The molecule has 1 N–H and O–H groups in total. The summed E-state index contributed by atoms with van der Waals surface area (Å²) in [6, 6.07) is 11.1. The first-order valence-electron chi connectivity index (χ1n) is 15.9. The highest BCUT2D eigenvalue weighted by atomic mass is 19.4. The number of esters is 2. The highest BCUT2D eigenvalue weighted by Crippen LogP contribution is 2.32. The first-order chi connectivity index (χ1) is 23.5. The summed E-state index contributed by atoms with van der Waals surface area (Å²) in [7, 11) is 0. The van der Waals surface area contributed by atoms with Gasteiger partial charge in [-0.15, -0.1) is 0 Å². The number of nitrogens with one attached hydrogen (secondary N) is 1. The fourth-order valence-electron chi connectivity index (χ4n) is 3.82. The fraction of sp³-hybridized carbons (Fsp3) is 0.588. The molecule has 0 aromatic heterocycles. The van der Waals surface area contributed by atoms with E-state index in [9.17, 15) is 22.8 Å². The Morgan fingerprint density at radius 3 is 1.57 bits per heavy atom. The number of rotatable bonds is 26. The zero-order chi connectivity index (χ0) is 35.8. The molecule has 2 rings (SSSR count). The van der Waals surface area contributed by atoms with Crippen LogP contribution in [0.4, 0.5) is 24.5 Å². The molecule has 12 nitrogen and oxygen atoms in total. The van der Waals surface area contributed by atoms with Crippen LogP contribution in [0.25, 0.3) is 0 Å². The highest BCUT2D eigenvalue weighted by molar-refractivity contribution is 5.96. The molecule has 0 bridgehead atoms. The minimum absolute atomic E-state index is 0.00714. The molecule has 0 unspecified atom stereocenters. The van der Waals surface area contributed by atoms with Crippen LogP contribution in [0.15, 0.2) is 48.5 Å². The Morgan fingerprint density at radius 2 is 1.08 bits per heavy atom. The summed E-state index contributed by atoms with van der Waals surface area (Å²) in [4.78, 5) is 24.1. The number of carbonyl (C=O) groups is 2. The number of benzene rings is 2. The summed E-state index contributed by atoms with van der Waals surface area (Å²) in [6.45, 7) is 9.96. The van der Waals surface area contributed by atoms with E-state index in [-0.39, 0.29) is 37.7 Å². The SMILES string of the molecule is CC(C)(C)OC(=O)COCCOCCOCCOCCOCCOCCOCCOC(=O)c1ccccc1Nc1cccc(C(F)(F)F)c1. The van der Waals surface area contributed by atoms with Gasteiger partial charge in [0.25, 0.3) is 0 Å². The van der Waals surface area contributed by atoms with E-state index < -0.39 is 29.3 Å². The topological polar surface area (TPSA) is 129 Å². The number of anilines is 2. The van der Waals surface area contributed by atoms with E-state index in [4.69, 9.17) is 42.6 Å². The van der Waals surface area contributed by atoms with Gasteiger partial charge in [-0.05, 0) is 51.1 Å². The van der Waals surface area contributed by atoms with Gasteiger partial charge in [0.05, 0.1) is 103 Å². The van der Waals surface area contributed by atoms with Crippen molar-refractivity contribution in [2.45, 2.75) is 32.5 Å². The maximum atomic E-state index is 13.0.